The molecular weight excluding hydrogens is 567 g/mol. The molecular formula is C36H39BF4O3. The molecule has 8 heteroatoms. The maximum atomic E-state index is 16.4. The molecule has 0 unspecified atom stereocenters. The number of hydrogen-bond donors (Lipinski definition) is 0. The molecule has 0 aromatic heterocycles. The summed E-state index contributed by atoms with van der Waals surface area (Å²) in [5.41, 5.74) is -4.37. The number of rotatable bonds is 16. The minimum absolute atomic E-state index is 0.0000255. The number of hydrogen-bond acceptors (Lipinski definition) is 3. The third-order valence-electron chi connectivity index (χ3n) is 8.08. The van der Waals surface area contributed by atoms with Crippen molar-refractivity contribution in [3.63, 3.8) is 0 Å². The third-order valence-corrected chi connectivity index (χ3v) is 8.08. The highest BCUT2D eigenvalue weighted by Gasteiger charge is 2.61. The second kappa shape index (κ2) is 15.5. The highest BCUT2D eigenvalue weighted by molar-refractivity contribution is 6.36. The van der Waals surface area contributed by atoms with E-state index in [1.807, 2.05) is 13.8 Å². The Labute approximate surface area is 258 Å². The first-order chi connectivity index (χ1) is 21.4. The Morgan fingerprint density at radius 2 is 0.864 bits per heavy atom. The molecule has 0 saturated heterocycles. The Kier molecular flexibility index (Phi) is 11.8. The number of halogens is 4. The van der Waals surface area contributed by atoms with Crippen LogP contribution in [0.5, 0.6) is 0 Å². The van der Waals surface area contributed by atoms with Crippen LogP contribution in [0.3, 0.4) is 0 Å². The summed E-state index contributed by atoms with van der Waals surface area (Å²) >= 11 is 0. The largest absolute Gasteiger partial charge is 0.640 e. The molecule has 0 N–H and O–H groups in total. The predicted molar refractivity (Wildman–Crippen MR) is 166 cm³/mol. The van der Waals surface area contributed by atoms with Gasteiger partial charge in [0, 0.05) is 35.5 Å². The van der Waals surface area contributed by atoms with Crippen molar-refractivity contribution >= 4 is 7.32 Å². The van der Waals surface area contributed by atoms with Crippen molar-refractivity contribution in [2.45, 2.75) is 63.9 Å². The van der Waals surface area contributed by atoms with Crippen molar-refractivity contribution in [2.24, 2.45) is 0 Å². The van der Waals surface area contributed by atoms with E-state index >= 15 is 17.6 Å². The minimum atomic E-state index is -2.24. The second-order valence-electron chi connectivity index (χ2n) is 10.7. The fraction of sp³-hybridized carbons (Fsp3) is 0.333. The summed E-state index contributed by atoms with van der Waals surface area (Å²) in [6.45, 7) is 6.19. The van der Waals surface area contributed by atoms with Crippen LogP contribution in [0.25, 0.3) is 0 Å². The summed E-state index contributed by atoms with van der Waals surface area (Å²) < 4.78 is 84.4. The predicted octanol–water partition coefficient (Wildman–Crippen LogP) is 9.52. The summed E-state index contributed by atoms with van der Waals surface area (Å²) in [7, 11) is -1.43. The first kappa shape index (κ1) is 33.4. The van der Waals surface area contributed by atoms with E-state index in [4.69, 9.17) is 14.0 Å². The SMILES string of the molecule is CCCCOB(OCCCC)OC(c1ccccc1F)(c1ccccc1F)C(CC)(c1ccccc1F)c1ccccc1F. The van der Waals surface area contributed by atoms with Crippen molar-refractivity contribution < 1.29 is 31.5 Å². The molecule has 0 spiro atoms. The van der Waals surface area contributed by atoms with Gasteiger partial charge in [0.05, 0.1) is 5.41 Å². The van der Waals surface area contributed by atoms with Crippen molar-refractivity contribution in [3.8, 4) is 0 Å². The Hall–Kier alpha value is -3.46. The van der Waals surface area contributed by atoms with Gasteiger partial charge < -0.3 is 14.0 Å². The first-order valence-electron chi connectivity index (χ1n) is 15.3. The number of benzene rings is 4. The summed E-state index contributed by atoms with van der Waals surface area (Å²) in [4.78, 5) is 0. The molecule has 0 amide bonds. The molecule has 4 aromatic carbocycles. The molecule has 0 fully saturated rings. The monoisotopic (exact) mass is 606 g/mol. The average molecular weight is 607 g/mol. The lowest BCUT2D eigenvalue weighted by molar-refractivity contribution is -0.0372. The highest BCUT2D eigenvalue weighted by Crippen LogP contribution is 2.58. The van der Waals surface area contributed by atoms with Gasteiger partial charge in [-0.1, -0.05) is 106 Å². The Morgan fingerprint density at radius 1 is 0.523 bits per heavy atom. The molecule has 3 nitrogen and oxygen atoms in total. The molecule has 0 radical (unpaired) electrons. The first-order valence-corrected chi connectivity index (χ1v) is 15.3. The third kappa shape index (κ3) is 6.48. The topological polar surface area (TPSA) is 27.7 Å². The molecule has 0 bridgehead atoms. The summed E-state index contributed by atoms with van der Waals surface area (Å²) in [5.74, 6) is -2.87. The van der Waals surface area contributed by atoms with Crippen LogP contribution in [0, 0.1) is 23.3 Å². The summed E-state index contributed by atoms with van der Waals surface area (Å²) in [5, 5.41) is 0. The van der Waals surface area contributed by atoms with Crippen LogP contribution in [-0.4, -0.2) is 20.5 Å². The lowest BCUT2D eigenvalue weighted by Crippen LogP contribution is -2.57. The molecule has 44 heavy (non-hydrogen) atoms. The molecule has 0 atom stereocenters. The standard InChI is InChI=1S/C36H39BF4O3/c1-4-7-25-42-37(43-26-8-5-2)44-36(29-19-11-15-23-33(29)40,30-20-12-16-24-34(30)41)35(6-3,27-17-9-13-21-31(27)38)28-18-10-14-22-32(28)39/h9-24H,4-8,25-26H2,1-3H3. The van der Waals surface area contributed by atoms with Crippen molar-refractivity contribution in [1.82, 2.24) is 0 Å². The highest BCUT2D eigenvalue weighted by atomic mass is 19.1. The lowest BCUT2D eigenvalue weighted by Gasteiger charge is -2.52. The molecule has 4 rings (SSSR count). The maximum Gasteiger partial charge on any atom is 0.640 e. The zero-order chi connectivity index (χ0) is 31.6. The van der Waals surface area contributed by atoms with E-state index in [0.717, 1.165) is 12.8 Å². The zero-order valence-corrected chi connectivity index (χ0v) is 25.5. The van der Waals surface area contributed by atoms with Crippen LogP contribution in [0.1, 0.15) is 75.1 Å². The lowest BCUT2D eigenvalue weighted by atomic mass is 9.56. The van der Waals surface area contributed by atoms with Crippen LogP contribution in [0.15, 0.2) is 97.1 Å². The quantitative estimate of drug-likeness (QED) is 0.0723. The van der Waals surface area contributed by atoms with Gasteiger partial charge in [0.1, 0.15) is 28.9 Å². The maximum absolute atomic E-state index is 16.4. The van der Waals surface area contributed by atoms with E-state index in [0.29, 0.717) is 12.8 Å². The van der Waals surface area contributed by atoms with Crippen molar-refractivity contribution in [2.75, 3.05) is 13.2 Å². The molecule has 0 heterocycles. The van der Waals surface area contributed by atoms with Gasteiger partial charge in [-0.05, 0) is 43.5 Å². The van der Waals surface area contributed by atoms with Gasteiger partial charge in [-0.2, -0.15) is 0 Å². The van der Waals surface area contributed by atoms with Gasteiger partial charge >= 0.3 is 7.32 Å². The molecule has 4 aromatic rings. The van der Waals surface area contributed by atoms with Gasteiger partial charge in [-0.3, -0.25) is 0 Å². The van der Waals surface area contributed by atoms with E-state index in [2.05, 4.69) is 0 Å². The van der Waals surface area contributed by atoms with E-state index in [-0.39, 0.29) is 41.9 Å². The van der Waals surface area contributed by atoms with Crippen LogP contribution in [-0.2, 0) is 25.0 Å². The molecule has 0 aliphatic carbocycles. The Balaban J connectivity index is 2.22. The van der Waals surface area contributed by atoms with E-state index in [1.54, 1.807) is 31.2 Å². The minimum Gasteiger partial charge on any atom is -0.386 e. The molecule has 0 aliphatic rings. The van der Waals surface area contributed by atoms with Crippen molar-refractivity contribution in [3.05, 3.63) is 143 Å². The van der Waals surface area contributed by atoms with Crippen LogP contribution < -0.4 is 0 Å². The summed E-state index contributed by atoms with van der Waals surface area (Å²) in [6, 6.07) is 23.3. The Morgan fingerprint density at radius 3 is 1.18 bits per heavy atom. The van der Waals surface area contributed by atoms with E-state index in [1.165, 1.54) is 72.8 Å². The molecule has 232 valence electrons. The fourth-order valence-corrected chi connectivity index (χ4v) is 6.00. The van der Waals surface area contributed by atoms with Crippen LogP contribution >= 0.6 is 0 Å². The smallest absolute Gasteiger partial charge is 0.386 e. The molecule has 0 aliphatic heterocycles. The molecule has 0 saturated carbocycles. The van der Waals surface area contributed by atoms with E-state index < -0.39 is 41.6 Å². The van der Waals surface area contributed by atoms with Gasteiger partial charge in [-0.25, -0.2) is 17.6 Å². The zero-order valence-electron chi connectivity index (χ0n) is 25.5. The van der Waals surface area contributed by atoms with Gasteiger partial charge in [0.25, 0.3) is 0 Å². The van der Waals surface area contributed by atoms with Crippen LogP contribution in [0.2, 0.25) is 0 Å². The van der Waals surface area contributed by atoms with Gasteiger partial charge in [-0.15, -0.1) is 0 Å². The van der Waals surface area contributed by atoms with Gasteiger partial charge in [0.15, 0.2) is 0 Å². The second-order valence-corrected chi connectivity index (χ2v) is 10.7. The fourth-order valence-electron chi connectivity index (χ4n) is 6.00. The average Bonchev–Trinajstić information content (AvgIpc) is 3.03. The van der Waals surface area contributed by atoms with Gasteiger partial charge in [0.2, 0.25) is 0 Å². The van der Waals surface area contributed by atoms with Crippen molar-refractivity contribution in [1.29, 1.82) is 0 Å². The normalized spacial score (nSPS) is 12.0. The Bertz CT molecular complexity index is 1400. The summed E-state index contributed by atoms with van der Waals surface area (Å²) in [6.07, 6.45) is 2.94. The van der Waals surface area contributed by atoms with Crippen LogP contribution in [0.4, 0.5) is 17.6 Å². The number of unbranched alkanes of at least 4 members (excludes halogenated alkanes) is 2. The van der Waals surface area contributed by atoms with E-state index in [9.17, 15) is 0 Å².